The van der Waals surface area contributed by atoms with Crippen LogP contribution in [0.25, 0.3) is 0 Å². The van der Waals surface area contributed by atoms with E-state index in [2.05, 4.69) is 24.7 Å². The predicted molar refractivity (Wildman–Crippen MR) is 108 cm³/mol. The first-order valence-corrected chi connectivity index (χ1v) is 9.44. The minimum atomic E-state index is -0.761. The molecule has 0 radical (unpaired) electrons. The summed E-state index contributed by atoms with van der Waals surface area (Å²) in [6.45, 7) is 7.59. The van der Waals surface area contributed by atoms with Gasteiger partial charge in [-0.25, -0.2) is 0 Å². The molecule has 2 N–H and O–H groups in total. The van der Waals surface area contributed by atoms with Crippen LogP contribution in [0.3, 0.4) is 0 Å². The Morgan fingerprint density at radius 1 is 1.04 bits per heavy atom. The number of nitrogens with one attached hydrogen (secondary N) is 2. The molecular weight excluding hydrogens is 356 g/mol. The molecule has 0 aliphatic rings. The standard InChI is InChI=1S/C22H28N2O4/c1-5-16(3)19-11-6-7-12-20(19)28-17(4)22(26)24-23-21(25)14-27-18-10-8-9-15(2)13-18/h6-13,16-17H,5,14H2,1-4H3,(H,23,25)(H,24,26). The van der Waals surface area contributed by atoms with Gasteiger partial charge in [-0.2, -0.15) is 0 Å². The molecule has 0 spiro atoms. The molecule has 0 saturated heterocycles. The highest BCUT2D eigenvalue weighted by Crippen LogP contribution is 2.29. The number of ether oxygens (including phenoxy) is 2. The fraction of sp³-hybridized carbons (Fsp3) is 0.364. The van der Waals surface area contributed by atoms with Crippen LogP contribution in [0, 0.1) is 6.92 Å². The van der Waals surface area contributed by atoms with Gasteiger partial charge in [-0.1, -0.05) is 44.2 Å². The second-order valence-corrected chi connectivity index (χ2v) is 6.75. The Balaban J connectivity index is 1.82. The molecule has 2 unspecified atom stereocenters. The molecule has 2 amide bonds. The topological polar surface area (TPSA) is 76.7 Å². The van der Waals surface area contributed by atoms with Crippen molar-refractivity contribution in [3.8, 4) is 11.5 Å². The number of aryl methyl sites for hydroxylation is 1. The summed E-state index contributed by atoms with van der Waals surface area (Å²) in [7, 11) is 0. The first-order chi connectivity index (χ1) is 13.4. The van der Waals surface area contributed by atoms with Gasteiger partial charge in [0, 0.05) is 0 Å². The van der Waals surface area contributed by atoms with E-state index in [1.54, 1.807) is 13.0 Å². The molecule has 0 aromatic heterocycles. The SMILES string of the molecule is CCC(C)c1ccccc1OC(C)C(=O)NNC(=O)COc1cccc(C)c1. The molecule has 2 rings (SSSR count). The minimum absolute atomic E-state index is 0.199. The van der Waals surface area contributed by atoms with Crippen molar-refractivity contribution in [1.82, 2.24) is 10.9 Å². The van der Waals surface area contributed by atoms with Crippen LogP contribution in [-0.4, -0.2) is 24.5 Å². The van der Waals surface area contributed by atoms with E-state index in [-0.39, 0.29) is 6.61 Å². The van der Waals surface area contributed by atoms with Crippen LogP contribution in [-0.2, 0) is 9.59 Å². The van der Waals surface area contributed by atoms with Gasteiger partial charge >= 0.3 is 0 Å². The van der Waals surface area contributed by atoms with Gasteiger partial charge in [-0.3, -0.25) is 20.4 Å². The molecular formula is C22H28N2O4. The van der Waals surface area contributed by atoms with E-state index in [0.717, 1.165) is 17.5 Å². The third-order valence-electron chi connectivity index (χ3n) is 4.42. The lowest BCUT2D eigenvalue weighted by Crippen LogP contribution is -2.48. The van der Waals surface area contributed by atoms with E-state index in [1.807, 2.05) is 49.4 Å². The maximum absolute atomic E-state index is 12.2. The summed E-state index contributed by atoms with van der Waals surface area (Å²) in [5.41, 5.74) is 6.80. The lowest BCUT2D eigenvalue weighted by atomic mass is 9.98. The monoisotopic (exact) mass is 384 g/mol. The molecule has 2 atom stereocenters. The Hall–Kier alpha value is -3.02. The van der Waals surface area contributed by atoms with Crippen LogP contribution in [0.2, 0.25) is 0 Å². The van der Waals surface area contributed by atoms with Gasteiger partial charge < -0.3 is 9.47 Å². The van der Waals surface area contributed by atoms with Gasteiger partial charge in [0.2, 0.25) is 0 Å². The third-order valence-corrected chi connectivity index (χ3v) is 4.42. The maximum atomic E-state index is 12.2. The van der Waals surface area contributed by atoms with Crippen molar-refractivity contribution in [3.05, 3.63) is 59.7 Å². The van der Waals surface area contributed by atoms with Crippen LogP contribution >= 0.6 is 0 Å². The van der Waals surface area contributed by atoms with Crippen molar-refractivity contribution < 1.29 is 19.1 Å². The second-order valence-electron chi connectivity index (χ2n) is 6.75. The van der Waals surface area contributed by atoms with Crippen molar-refractivity contribution in [2.24, 2.45) is 0 Å². The van der Waals surface area contributed by atoms with Crippen LogP contribution in [0.1, 0.15) is 44.2 Å². The van der Waals surface area contributed by atoms with Gasteiger partial charge in [0.1, 0.15) is 11.5 Å². The van der Waals surface area contributed by atoms with E-state index in [9.17, 15) is 9.59 Å². The molecule has 0 bridgehead atoms. The number of hydrazine groups is 1. The fourth-order valence-electron chi connectivity index (χ4n) is 2.58. The Bertz CT molecular complexity index is 807. The van der Waals surface area contributed by atoms with Crippen molar-refractivity contribution in [1.29, 1.82) is 0 Å². The number of para-hydroxylation sites is 1. The zero-order chi connectivity index (χ0) is 20.5. The molecule has 6 nitrogen and oxygen atoms in total. The maximum Gasteiger partial charge on any atom is 0.279 e. The molecule has 150 valence electrons. The Kier molecular flexibility index (Phi) is 7.87. The predicted octanol–water partition coefficient (Wildman–Crippen LogP) is 3.50. The summed E-state index contributed by atoms with van der Waals surface area (Å²) in [5, 5.41) is 0. The van der Waals surface area contributed by atoms with Gasteiger partial charge in [0.15, 0.2) is 12.7 Å². The summed E-state index contributed by atoms with van der Waals surface area (Å²) in [6.07, 6.45) is 0.209. The number of amides is 2. The number of benzene rings is 2. The van der Waals surface area contributed by atoms with E-state index in [0.29, 0.717) is 17.4 Å². The van der Waals surface area contributed by atoms with E-state index >= 15 is 0 Å². The van der Waals surface area contributed by atoms with Crippen LogP contribution < -0.4 is 20.3 Å². The quantitative estimate of drug-likeness (QED) is 0.683. The average Bonchev–Trinajstić information content (AvgIpc) is 2.70. The number of hydrogen-bond acceptors (Lipinski definition) is 4. The molecule has 0 heterocycles. The summed E-state index contributed by atoms with van der Waals surface area (Å²) < 4.78 is 11.2. The molecule has 2 aromatic rings. The Morgan fingerprint density at radius 2 is 1.79 bits per heavy atom. The van der Waals surface area contributed by atoms with Crippen LogP contribution in [0.15, 0.2) is 48.5 Å². The normalized spacial score (nSPS) is 12.6. The molecule has 28 heavy (non-hydrogen) atoms. The second kappa shape index (κ2) is 10.3. The van der Waals surface area contributed by atoms with E-state index < -0.39 is 17.9 Å². The summed E-state index contributed by atoms with van der Waals surface area (Å²) in [5.74, 6) is 0.697. The van der Waals surface area contributed by atoms with E-state index in [1.165, 1.54) is 0 Å². The largest absolute Gasteiger partial charge is 0.484 e. The van der Waals surface area contributed by atoms with Crippen molar-refractivity contribution in [3.63, 3.8) is 0 Å². The van der Waals surface area contributed by atoms with Gasteiger partial charge in [0.25, 0.3) is 11.8 Å². The Morgan fingerprint density at radius 3 is 2.50 bits per heavy atom. The number of rotatable bonds is 8. The van der Waals surface area contributed by atoms with Crippen molar-refractivity contribution in [2.45, 2.75) is 46.1 Å². The highest BCUT2D eigenvalue weighted by Gasteiger charge is 2.18. The number of carbonyl (C=O) groups is 2. The molecule has 6 heteroatoms. The van der Waals surface area contributed by atoms with Crippen LogP contribution in [0.5, 0.6) is 11.5 Å². The lowest BCUT2D eigenvalue weighted by molar-refractivity contribution is -0.133. The van der Waals surface area contributed by atoms with Gasteiger partial charge in [-0.05, 0) is 55.5 Å². The first-order valence-electron chi connectivity index (χ1n) is 9.44. The molecule has 2 aromatic carbocycles. The minimum Gasteiger partial charge on any atom is -0.484 e. The van der Waals surface area contributed by atoms with Gasteiger partial charge in [0.05, 0.1) is 0 Å². The lowest BCUT2D eigenvalue weighted by Gasteiger charge is -2.19. The smallest absolute Gasteiger partial charge is 0.279 e. The number of carbonyl (C=O) groups excluding carboxylic acids is 2. The summed E-state index contributed by atoms with van der Waals surface area (Å²) in [6, 6.07) is 15.1. The van der Waals surface area contributed by atoms with Crippen LogP contribution in [0.4, 0.5) is 0 Å². The van der Waals surface area contributed by atoms with Crippen molar-refractivity contribution >= 4 is 11.8 Å². The fourth-order valence-corrected chi connectivity index (χ4v) is 2.58. The molecule has 0 aliphatic carbocycles. The zero-order valence-corrected chi connectivity index (χ0v) is 16.8. The Labute approximate surface area is 166 Å². The molecule has 0 saturated carbocycles. The molecule has 0 fully saturated rings. The third kappa shape index (κ3) is 6.30. The van der Waals surface area contributed by atoms with E-state index in [4.69, 9.17) is 9.47 Å². The first kappa shape index (κ1) is 21.3. The number of hydrogen-bond donors (Lipinski definition) is 2. The highest BCUT2D eigenvalue weighted by atomic mass is 16.5. The summed E-state index contributed by atoms with van der Waals surface area (Å²) in [4.78, 5) is 24.1. The van der Waals surface area contributed by atoms with Crippen molar-refractivity contribution in [2.75, 3.05) is 6.61 Å². The summed E-state index contributed by atoms with van der Waals surface area (Å²) >= 11 is 0. The zero-order valence-electron chi connectivity index (χ0n) is 16.8. The molecule has 0 aliphatic heterocycles. The average molecular weight is 384 g/mol. The highest BCUT2D eigenvalue weighted by molar-refractivity contribution is 5.85. The van der Waals surface area contributed by atoms with Gasteiger partial charge in [-0.15, -0.1) is 0 Å².